The molecule has 4 rings (SSSR count). The Morgan fingerprint density at radius 3 is 2.05 bits per heavy atom. The minimum absolute atomic E-state index is 0.0832. The van der Waals surface area contributed by atoms with E-state index in [1.54, 1.807) is 24.3 Å². The van der Waals surface area contributed by atoms with E-state index in [2.05, 4.69) is 32.9 Å². The first-order valence-corrected chi connectivity index (χ1v) is 14.3. The van der Waals surface area contributed by atoms with Crippen LogP contribution in [0.25, 0.3) is 0 Å². The second kappa shape index (κ2) is 13.1. The smallest absolute Gasteiger partial charge is 0.247 e. The van der Waals surface area contributed by atoms with Crippen LogP contribution < -0.4 is 10.2 Å². The van der Waals surface area contributed by atoms with Crippen molar-refractivity contribution in [3.05, 3.63) is 120 Å². The zero-order valence-corrected chi connectivity index (χ0v) is 25.4. The maximum absolute atomic E-state index is 14.0. The Kier molecular flexibility index (Phi) is 9.80. The maximum Gasteiger partial charge on any atom is 0.247 e. The molecule has 1 unspecified atom stereocenters. The van der Waals surface area contributed by atoms with Crippen LogP contribution >= 0.6 is 45.8 Å². The van der Waals surface area contributed by atoms with E-state index in [4.69, 9.17) is 28.2 Å². The Labute approximate surface area is 251 Å². The number of benzene rings is 3. The topological polar surface area (TPSA) is 58.1 Å². The van der Waals surface area contributed by atoms with Gasteiger partial charge in [-0.2, -0.15) is 0 Å². The summed E-state index contributed by atoms with van der Waals surface area (Å²) in [6.07, 6.45) is 0. The molecule has 0 spiro atoms. The minimum atomic E-state index is -0.809. The van der Waals surface area contributed by atoms with Crippen molar-refractivity contribution in [1.82, 2.24) is 15.3 Å². The van der Waals surface area contributed by atoms with E-state index in [0.717, 1.165) is 20.4 Å². The average Bonchev–Trinajstić information content (AvgIpc) is 2.91. The molecule has 1 atom stereocenters. The van der Waals surface area contributed by atoms with Crippen molar-refractivity contribution in [2.45, 2.75) is 45.8 Å². The van der Waals surface area contributed by atoms with Gasteiger partial charge in [0.15, 0.2) is 0 Å². The lowest BCUT2D eigenvalue weighted by molar-refractivity contribution is -0.122. The van der Waals surface area contributed by atoms with Crippen molar-refractivity contribution in [3.8, 4) is 0 Å². The summed E-state index contributed by atoms with van der Waals surface area (Å²) in [5.41, 5.74) is 3.31. The van der Waals surface area contributed by atoms with Gasteiger partial charge < -0.3 is 10.2 Å². The SMILES string of the molecule is Cc1nc(C(C)C)nc(N(Cc2ccc(Cl)cc2)C(C(=O)NCc2ccc(Cl)cc2)c2ccc(F)cc2)c1I. The number of hydrogen-bond donors (Lipinski definition) is 1. The fourth-order valence-electron chi connectivity index (χ4n) is 4.09. The lowest BCUT2D eigenvalue weighted by Crippen LogP contribution is -2.41. The van der Waals surface area contributed by atoms with E-state index < -0.39 is 6.04 Å². The second-order valence-electron chi connectivity index (χ2n) is 9.51. The van der Waals surface area contributed by atoms with Crippen LogP contribution in [0.2, 0.25) is 10.0 Å². The number of aryl methyl sites for hydroxylation is 1. The molecule has 1 heterocycles. The molecule has 0 saturated carbocycles. The molecule has 1 aromatic heterocycles. The molecule has 4 aromatic rings. The molecule has 0 saturated heterocycles. The van der Waals surface area contributed by atoms with E-state index in [1.807, 2.05) is 62.1 Å². The number of halogens is 4. The Bertz CT molecular complexity index is 1430. The first-order chi connectivity index (χ1) is 18.6. The summed E-state index contributed by atoms with van der Waals surface area (Å²) >= 11 is 14.4. The van der Waals surface area contributed by atoms with Gasteiger partial charge in [0.25, 0.3) is 0 Å². The van der Waals surface area contributed by atoms with Gasteiger partial charge in [-0.15, -0.1) is 0 Å². The number of nitrogens with one attached hydrogen (secondary N) is 1. The quantitative estimate of drug-likeness (QED) is 0.183. The summed E-state index contributed by atoms with van der Waals surface area (Å²) in [6, 6.07) is 20.0. The number of nitrogens with zero attached hydrogens (tertiary/aromatic N) is 3. The summed E-state index contributed by atoms with van der Waals surface area (Å²) in [5.74, 6) is 0.780. The van der Waals surface area contributed by atoms with Crippen LogP contribution in [0.1, 0.15) is 54.0 Å². The van der Waals surface area contributed by atoms with E-state index in [-0.39, 0.29) is 17.6 Å². The summed E-state index contributed by atoms with van der Waals surface area (Å²) in [4.78, 5) is 25.6. The van der Waals surface area contributed by atoms with Gasteiger partial charge in [0.2, 0.25) is 5.91 Å². The fraction of sp³-hybridized carbons (Fsp3) is 0.233. The van der Waals surface area contributed by atoms with Crippen molar-refractivity contribution in [2.75, 3.05) is 4.90 Å². The second-order valence-corrected chi connectivity index (χ2v) is 11.5. The van der Waals surface area contributed by atoms with Crippen molar-refractivity contribution in [1.29, 1.82) is 0 Å². The zero-order valence-electron chi connectivity index (χ0n) is 21.8. The van der Waals surface area contributed by atoms with E-state index in [1.165, 1.54) is 12.1 Å². The fourth-order valence-corrected chi connectivity index (χ4v) is 4.90. The number of carbonyl (C=O) groups excluding carboxylic acids is 1. The molecule has 0 aliphatic carbocycles. The molecule has 202 valence electrons. The van der Waals surface area contributed by atoms with Crippen LogP contribution in [-0.2, 0) is 17.9 Å². The molecule has 3 aromatic carbocycles. The van der Waals surface area contributed by atoms with Gasteiger partial charge in [-0.05, 0) is 82.6 Å². The van der Waals surface area contributed by atoms with Crippen LogP contribution in [-0.4, -0.2) is 15.9 Å². The highest BCUT2D eigenvalue weighted by molar-refractivity contribution is 14.1. The Hall–Kier alpha value is -2.75. The third-order valence-corrected chi connectivity index (χ3v) is 7.96. The molecule has 1 N–H and O–H groups in total. The predicted molar refractivity (Wildman–Crippen MR) is 164 cm³/mol. The molecule has 5 nitrogen and oxygen atoms in total. The van der Waals surface area contributed by atoms with Gasteiger partial charge in [-0.1, -0.05) is 73.4 Å². The number of carbonyl (C=O) groups is 1. The van der Waals surface area contributed by atoms with Gasteiger partial charge in [0.1, 0.15) is 23.5 Å². The summed E-state index contributed by atoms with van der Waals surface area (Å²) in [6.45, 7) is 6.67. The summed E-state index contributed by atoms with van der Waals surface area (Å²) < 4.78 is 14.8. The molecule has 0 fully saturated rings. The van der Waals surface area contributed by atoms with Gasteiger partial charge >= 0.3 is 0 Å². The van der Waals surface area contributed by atoms with E-state index in [9.17, 15) is 9.18 Å². The number of rotatable bonds is 9. The lowest BCUT2D eigenvalue weighted by Gasteiger charge is -2.34. The Morgan fingerprint density at radius 1 is 0.923 bits per heavy atom. The molecular formula is C30H28Cl2FIN4O. The van der Waals surface area contributed by atoms with Gasteiger partial charge in [-0.3, -0.25) is 4.79 Å². The molecule has 0 bridgehead atoms. The molecule has 0 aliphatic rings. The van der Waals surface area contributed by atoms with Gasteiger partial charge in [0, 0.05) is 29.1 Å². The van der Waals surface area contributed by atoms with Gasteiger partial charge in [0.05, 0.1) is 9.26 Å². The molecular weight excluding hydrogens is 649 g/mol. The maximum atomic E-state index is 14.0. The number of hydrogen-bond acceptors (Lipinski definition) is 4. The van der Waals surface area contributed by atoms with Crippen molar-refractivity contribution in [3.63, 3.8) is 0 Å². The van der Waals surface area contributed by atoms with E-state index >= 15 is 0 Å². The largest absolute Gasteiger partial charge is 0.350 e. The van der Waals surface area contributed by atoms with Crippen LogP contribution in [0.15, 0.2) is 72.8 Å². The van der Waals surface area contributed by atoms with Crippen LogP contribution in [0, 0.1) is 16.3 Å². The average molecular weight is 677 g/mol. The lowest BCUT2D eigenvalue weighted by atomic mass is 10.0. The first-order valence-electron chi connectivity index (χ1n) is 12.4. The normalized spacial score (nSPS) is 11.9. The van der Waals surface area contributed by atoms with Crippen LogP contribution in [0.4, 0.5) is 10.2 Å². The van der Waals surface area contributed by atoms with Crippen LogP contribution in [0.3, 0.4) is 0 Å². The third kappa shape index (κ3) is 7.47. The molecule has 0 aliphatic heterocycles. The molecule has 39 heavy (non-hydrogen) atoms. The number of amides is 1. The molecule has 1 amide bonds. The summed E-state index contributed by atoms with van der Waals surface area (Å²) in [5, 5.41) is 4.31. The van der Waals surface area contributed by atoms with Gasteiger partial charge in [-0.25, -0.2) is 14.4 Å². The predicted octanol–water partition coefficient (Wildman–Crippen LogP) is 8.02. The van der Waals surface area contributed by atoms with Crippen LogP contribution in [0.5, 0.6) is 0 Å². The Balaban J connectivity index is 1.82. The Morgan fingerprint density at radius 2 is 1.49 bits per heavy atom. The number of aromatic nitrogens is 2. The zero-order chi connectivity index (χ0) is 28.1. The standard InChI is InChI=1S/C30H28Cl2FIN4O/c1-18(2)28-36-19(3)26(34)29(37-28)38(17-21-6-12-24(32)13-7-21)27(22-8-14-25(33)15-9-22)30(39)35-16-20-4-10-23(31)11-5-20/h4-15,18,27H,16-17H2,1-3H3,(H,35,39). The molecule has 9 heteroatoms. The number of anilines is 1. The highest BCUT2D eigenvalue weighted by atomic mass is 127. The van der Waals surface area contributed by atoms with Crippen molar-refractivity contribution in [2.24, 2.45) is 0 Å². The highest BCUT2D eigenvalue weighted by Gasteiger charge is 2.31. The van der Waals surface area contributed by atoms with E-state index in [0.29, 0.717) is 40.3 Å². The third-order valence-electron chi connectivity index (χ3n) is 6.20. The van der Waals surface area contributed by atoms with Crippen molar-refractivity contribution < 1.29 is 9.18 Å². The monoisotopic (exact) mass is 676 g/mol. The summed E-state index contributed by atoms with van der Waals surface area (Å²) in [7, 11) is 0. The minimum Gasteiger partial charge on any atom is -0.350 e. The van der Waals surface area contributed by atoms with Crippen molar-refractivity contribution >= 4 is 57.5 Å². The molecule has 0 radical (unpaired) electrons. The first kappa shape index (κ1) is 29.2. The highest BCUT2D eigenvalue weighted by Crippen LogP contribution is 2.34.